The summed E-state index contributed by atoms with van der Waals surface area (Å²) in [6.07, 6.45) is 0.736. The van der Waals surface area contributed by atoms with Crippen molar-refractivity contribution in [3.8, 4) is 0 Å². The second kappa shape index (κ2) is 4.61. The third-order valence-corrected chi connectivity index (χ3v) is 2.74. The number of hydrogen-bond donors (Lipinski definition) is 1. The standard InChI is InChI=1S/C12H14FNO2/c1-8-2-3-10(6-11(8)13)14-12(15)9-4-5-16-7-9/h2-3,6,9H,4-5,7H2,1H3,(H,14,15). The molecule has 0 spiro atoms. The van der Waals surface area contributed by atoms with E-state index in [1.165, 1.54) is 6.07 Å². The number of rotatable bonds is 2. The fraction of sp³-hybridized carbons (Fsp3) is 0.417. The lowest BCUT2D eigenvalue weighted by molar-refractivity contribution is -0.119. The van der Waals surface area contributed by atoms with Gasteiger partial charge in [0.05, 0.1) is 12.5 Å². The summed E-state index contributed by atoms with van der Waals surface area (Å²) in [6, 6.07) is 4.69. The molecule has 1 aliphatic heterocycles. The number of halogens is 1. The van der Waals surface area contributed by atoms with E-state index in [2.05, 4.69) is 5.32 Å². The van der Waals surface area contributed by atoms with Crippen LogP contribution in [0, 0.1) is 18.7 Å². The summed E-state index contributed by atoms with van der Waals surface area (Å²) >= 11 is 0. The fourth-order valence-corrected chi connectivity index (χ4v) is 1.66. The van der Waals surface area contributed by atoms with Gasteiger partial charge in [-0.25, -0.2) is 4.39 Å². The van der Waals surface area contributed by atoms with Gasteiger partial charge in [0.25, 0.3) is 0 Å². The van der Waals surface area contributed by atoms with Gasteiger partial charge >= 0.3 is 0 Å². The van der Waals surface area contributed by atoms with E-state index in [0.717, 1.165) is 6.42 Å². The van der Waals surface area contributed by atoms with Crippen molar-refractivity contribution >= 4 is 11.6 Å². The molecule has 0 aromatic heterocycles. The molecule has 1 N–H and O–H groups in total. The van der Waals surface area contributed by atoms with Gasteiger partial charge in [-0.1, -0.05) is 6.07 Å². The first-order valence-corrected chi connectivity index (χ1v) is 5.31. The first-order chi connectivity index (χ1) is 7.66. The van der Waals surface area contributed by atoms with Crippen LogP contribution in [-0.4, -0.2) is 19.1 Å². The highest BCUT2D eigenvalue weighted by Crippen LogP contribution is 2.17. The highest BCUT2D eigenvalue weighted by molar-refractivity contribution is 5.92. The minimum absolute atomic E-state index is 0.0965. The van der Waals surface area contributed by atoms with Crippen LogP contribution >= 0.6 is 0 Å². The third kappa shape index (κ3) is 2.39. The van der Waals surface area contributed by atoms with Crippen LogP contribution < -0.4 is 5.32 Å². The fourth-order valence-electron chi connectivity index (χ4n) is 1.66. The van der Waals surface area contributed by atoms with E-state index in [9.17, 15) is 9.18 Å². The molecule has 0 radical (unpaired) electrons. The number of nitrogens with one attached hydrogen (secondary N) is 1. The highest BCUT2D eigenvalue weighted by Gasteiger charge is 2.23. The zero-order chi connectivity index (χ0) is 11.5. The van der Waals surface area contributed by atoms with Gasteiger partial charge in [-0.15, -0.1) is 0 Å². The van der Waals surface area contributed by atoms with E-state index in [4.69, 9.17) is 4.74 Å². The topological polar surface area (TPSA) is 38.3 Å². The number of carbonyl (C=O) groups excluding carboxylic acids is 1. The summed E-state index contributed by atoms with van der Waals surface area (Å²) in [5.74, 6) is -0.509. The molecule has 4 heteroatoms. The molecule has 1 aromatic rings. The summed E-state index contributed by atoms with van der Waals surface area (Å²) in [6.45, 7) is 2.77. The van der Waals surface area contributed by atoms with Crippen molar-refractivity contribution in [1.29, 1.82) is 0 Å². The first-order valence-electron chi connectivity index (χ1n) is 5.31. The molecule has 1 unspecified atom stereocenters. The van der Waals surface area contributed by atoms with Gasteiger partial charge in [0.15, 0.2) is 0 Å². The monoisotopic (exact) mass is 223 g/mol. The predicted octanol–water partition coefficient (Wildman–Crippen LogP) is 2.11. The quantitative estimate of drug-likeness (QED) is 0.833. The number of ether oxygens (including phenoxy) is 1. The van der Waals surface area contributed by atoms with E-state index >= 15 is 0 Å². The molecule has 1 heterocycles. The molecule has 1 amide bonds. The number of aryl methyl sites for hydroxylation is 1. The molecule has 16 heavy (non-hydrogen) atoms. The van der Waals surface area contributed by atoms with Crippen molar-refractivity contribution < 1.29 is 13.9 Å². The van der Waals surface area contributed by atoms with Crippen molar-refractivity contribution in [3.05, 3.63) is 29.6 Å². The Balaban J connectivity index is 2.02. The van der Waals surface area contributed by atoms with Crippen LogP contribution in [0.3, 0.4) is 0 Å². The molecule has 1 atom stereocenters. The maximum absolute atomic E-state index is 13.2. The van der Waals surface area contributed by atoms with Gasteiger partial charge in [0.2, 0.25) is 5.91 Å². The molecule has 1 fully saturated rings. The van der Waals surface area contributed by atoms with Crippen LogP contribution in [-0.2, 0) is 9.53 Å². The van der Waals surface area contributed by atoms with Crippen molar-refractivity contribution in [2.24, 2.45) is 5.92 Å². The van der Waals surface area contributed by atoms with Gasteiger partial charge in [-0.3, -0.25) is 4.79 Å². The van der Waals surface area contributed by atoms with E-state index in [1.54, 1.807) is 19.1 Å². The Morgan fingerprint density at radius 3 is 3.00 bits per heavy atom. The number of hydrogen-bond acceptors (Lipinski definition) is 2. The molecular formula is C12H14FNO2. The normalized spacial score (nSPS) is 19.8. The van der Waals surface area contributed by atoms with E-state index in [0.29, 0.717) is 24.5 Å². The molecule has 86 valence electrons. The molecule has 1 aliphatic rings. The maximum atomic E-state index is 13.2. The number of amides is 1. The van der Waals surface area contributed by atoms with Crippen LogP contribution in [0.1, 0.15) is 12.0 Å². The van der Waals surface area contributed by atoms with Crippen LogP contribution in [0.15, 0.2) is 18.2 Å². The maximum Gasteiger partial charge on any atom is 0.229 e. The van der Waals surface area contributed by atoms with Gasteiger partial charge in [0.1, 0.15) is 5.82 Å². The van der Waals surface area contributed by atoms with Crippen LogP contribution in [0.25, 0.3) is 0 Å². The minimum Gasteiger partial charge on any atom is -0.381 e. The van der Waals surface area contributed by atoms with Gasteiger partial charge in [-0.2, -0.15) is 0 Å². The molecule has 0 aliphatic carbocycles. The number of benzene rings is 1. The molecule has 0 bridgehead atoms. The Bertz CT molecular complexity index is 400. The third-order valence-electron chi connectivity index (χ3n) is 2.74. The first kappa shape index (κ1) is 11.1. The summed E-state index contributed by atoms with van der Waals surface area (Å²) in [7, 11) is 0. The van der Waals surface area contributed by atoms with Crippen LogP contribution in [0.5, 0.6) is 0 Å². The smallest absolute Gasteiger partial charge is 0.229 e. The second-order valence-electron chi connectivity index (χ2n) is 4.01. The summed E-state index contributed by atoms with van der Waals surface area (Å²) in [5, 5.41) is 2.69. The minimum atomic E-state index is -0.305. The predicted molar refractivity (Wildman–Crippen MR) is 58.7 cm³/mol. The summed E-state index contributed by atoms with van der Waals surface area (Å²) in [4.78, 5) is 11.7. The SMILES string of the molecule is Cc1ccc(NC(=O)C2CCOC2)cc1F. The largest absolute Gasteiger partial charge is 0.381 e. The molecular weight excluding hydrogens is 209 g/mol. The average molecular weight is 223 g/mol. The summed E-state index contributed by atoms with van der Waals surface area (Å²) < 4.78 is 18.4. The van der Waals surface area contributed by atoms with Crippen molar-refractivity contribution in [2.45, 2.75) is 13.3 Å². The highest BCUT2D eigenvalue weighted by atomic mass is 19.1. The molecule has 3 nitrogen and oxygen atoms in total. The van der Waals surface area contributed by atoms with E-state index < -0.39 is 0 Å². The van der Waals surface area contributed by atoms with E-state index in [-0.39, 0.29) is 17.6 Å². The molecule has 1 saturated heterocycles. The lowest BCUT2D eigenvalue weighted by Gasteiger charge is -2.09. The van der Waals surface area contributed by atoms with Gasteiger partial charge < -0.3 is 10.1 Å². The molecule has 2 rings (SSSR count). The molecule has 1 aromatic carbocycles. The zero-order valence-electron chi connectivity index (χ0n) is 9.13. The number of anilines is 1. The lowest BCUT2D eigenvalue weighted by Crippen LogP contribution is -2.22. The van der Waals surface area contributed by atoms with Crippen LogP contribution in [0.4, 0.5) is 10.1 Å². The molecule has 0 saturated carbocycles. The Morgan fingerprint density at radius 1 is 1.56 bits per heavy atom. The van der Waals surface area contributed by atoms with Crippen LogP contribution in [0.2, 0.25) is 0 Å². The number of carbonyl (C=O) groups is 1. The van der Waals surface area contributed by atoms with Gasteiger partial charge in [0, 0.05) is 12.3 Å². The van der Waals surface area contributed by atoms with Crippen molar-refractivity contribution in [2.75, 3.05) is 18.5 Å². The lowest BCUT2D eigenvalue weighted by atomic mass is 10.1. The Morgan fingerprint density at radius 2 is 2.38 bits per heavy atom. The Hall–Kier alpha value is -1.42. The average Bonchev–Trinajstić information content (AvgIpc) is 2.77. The Kier molecular flexibility index (Phi) is 3.19. The Labute approximate surface area is 93.6 Å². The second-order valence-corrected chi connectivity index (χ2v) is 4.01. The summed E-state index contributed by atoms with van der Waals surface area (Å²) in [5.41, 5.74) is 1.07. The van der Waals surface area contributed by atoms with E-state index in [1.807, 2.05) is 0 Å². The van der Waals surface area contributed by atoms with Gasteiger partial charge in [-0.05, 0) is 31.0 Å². The van der Waals surface area contributed by atoms with Crippen molar-refractivity contribution in [3.63, 3.8) is 0 Å². The van der Waals surface area contributed by atoms with Crippen molar-refractivity contribution in [1.82, 2.24) is 0 Å². The zero-order valence-corrected chi connectivity index (χ0v) is 9.13.